The minimum atomic E-state index is -0.681. The Morgan fingerprint density at radius 1 is 0.818 bits per heavy atom. The van der Waals surface area contributed by atoms with Crippen molar-refractivity contribution in [3.8, 4) is 5.75 Å². The van der Waals surface area contributed by atoms with Crippen LogP contribution in [0.3, 0.4) is 0 Å². The predicted octanol–water partition coefficient (Wildman–Crippen LogP) is 7.23. The Hall–Kier alpha value is -2.04. The van der Waals surface area contributed by atoms with Crippen LogP contribution in [0.4, 0.5) is 0 Å². The van der Waals surface area contributed by atoms with E-state index in [1.807, 2.05) is 0 Å². The second kappa shape index (κ2) is 19.4. The molecule has 1 aromatic carbocycles. The Bertz CT molecular complexity index is 647. The Morgan fingerprint density at radius 2 is 1.33 bits per heavy atom. The first-order valence-electron chi connectivity index (χ1n) is 13.2. The van der Waals surface area contributed by atoms with Gasteiger partial charge in [0.25, 0.3) is 5.91 Å². The van der Waals surface area contributed by atoms with Crippen LogP contribution in [0.1, 0.15) is 121 Å². The predicted molar refractivity (Wildman–Crippen MR) is 136 cm³/mol. The van der Waals surface area contributed by atoms with E-state index in [1.54, 1.807) is 38.3 Å². The van der Waals surface area contributed by atoms with Crippen molar-refractivity contribution < 1.29 is 19.1 Å². The molecule has 0 heterocycles. The number of nitrogens with one attached hydrogen (secondary N) is 1. The molecule has 0 bridgehead atoms. The van der Waals surface area contributed by atoms with E-state index < -0.39 is 12.0 Å². The molecular weight excluding hydrogens is 414 g/mol. The van der Waals surface area contributed by atoms with Crippen LogP contribution in [0.25, 0.3) is 0 Å². The van der Waals surface area contributed by atoms with Crippen molar-refractivity contribution in [3.63, 3.8) is 0 Å². The molecule has 5 heteroatoms. The molecule has 188 valence electrons. The number of benzene rings is 1. The van der Waals surface area contributed by atoms with Gasteiger partial charge >= 0.3 is 5.97 Å². The number of amides is 1. The number of rotatable bonds is 20. The van der Waals surface area contributed by atoms with Crippen molar-refractivity contribution in [2.24, 2.45) is 0 Å². The van der Waals surface area contributed by atoms with Crippen LogP contribution in [0.2, 0.25) is 0 Å². The molecule has 0 aliphatic heterocycles. The zero-order valence-corrected chi connectivity index (χ0v) is 21.3. The molecule has 0 unspecified atom stereocenters. The Balaban J connectivity index is 1.95. The van der Waals surface area contributed by atoms with Gasteiger partial charge in [-0.1, -0.05) is 103 Å². The smallest absolute Gasteiger partial charge is 0.328 e. The summed E-state index contributed by atoms with van der Waals surface area (Å²) >= 11 is 0. The molecule has 0 radical (unpaired) electrons. The molecule has 0 spiro atoms. The molecule has 0 aromatic heterocycles. The number of esters is 1. The fourth-order valence-corrected chi connectivity index (χ4v) is 3.87. The third-order valence-corrected chi connectivity index (χ3v) is 6.03. The molecular formula is C28H47NO4. The molecule has 0 saturated heterocycles. The third-order valence-electron chi connectivity index (χ3n) is 6.03. The van der Waals surface area contributed by atoms with Gasteiger partial charge in [-0.2, -0.15) is 0 Å². The lowest BCUT2D eigenvalue weighted by molar-refractivity contribution is -0.145. The molecule has 1 N–H and O–H groups in total. The second-order valence-electron chi connectivity index (χ2n) is 9.04. The number of carbonyl (C=O) groups is 2. The summed E-state index contributed by atoms with van der Waals surface area (Å²) in [5.74, 6) is -0.104. The van der Waals surface area contributed by atoms with E-state index in [2.05, 4.69) is 12.2 Å². The van der Waals surface area contributed by atoms with Crippen molar-refractivity contribution in [2.45, 2.75) is 116 Å². The lowest BCUT2D eigenvalue weighted by atomic mass is 10.0. The van der Waals surface area contributed by atoms with Gasteiger partial charge in [-0.05, 0) is 31.5 Å². The highest BCUT2D eigenvalue weighted by Crippen LogP contribution is 2.14. The van der Waals surface area contributed by atoms with Gasteiger partial charge in [0.2, 0.25) is 0 Å². The maximum absolute atomic E-state index is 12.3. The molecule has 1 atom stereocenters. The van der Waals surface area contributed by atoms with Crippen molar-refractivity contribution in [3.05, 3.63) is 29.8 Å². The normalized spacial score (nSPS) is 11.7. The second-order valence-corrected chi connectivity index (χ2v) is 9.04. The van der Waals surface area contributed by atoms with Crippen molar-refractivity contribution in [2.75, 3.05) is 13.7 Å². The lowest BCUT2D eigenvalue weighted by Crippen LogP contribution is -2.39. The molecule has 1 amide bonds. The summed E-state index contributed by atoms with van der Waals surface area (Å²) in [5.41, 5.74) is 0.455. The van der Waals surface area contributed by atoms with Gasteiger partial charge in [0, 0.05) is 5.56 Å². The van der Waals surface area contributed by atoms with Crippen LogP contribution in [-0.2, 0) is 9.53 Å². The summed E-state index contributed by atoms with van der Waals surface area (Å²) in [6.45, 7) is 4.33. The summed E-state index contributed by atoms with van der Waals surface area (Å²) in [4.78, 5) is 24.4. The average molecular weight is 462 g/mol. The minimum absolute atomic E-state index is 0.315. The third kappa shape index (κ3) is 14.7. The zero-order valence-electron chi connectivity index (χ0n) is 21.3. The fourth-order valence-electron chi connectivity index (χ4n) is 3.87. The monoisotopic (exact) mass is 461 g/mol. The lowest BCUT2D eigenvalue weighted by Gasteiger charge is -2.14. The number of carbonyl (C=O) groups excluding carboxylic acids is 2. The highest BCUT2D eigenvalue weighted by atomic mass is 16.5. The highest BCUT2D eigenvalue weighted by Gasteiger charge is 2.18. The van der Waals surface area contributed by atoms with Crippen LogP contribution in [-0.4, -0.2) is 31.6 Å². The molecule has 1 aromatic rings. The van der Waals surface area contributed by atoms with Gasteiger partial charge in [-0.15, -0.1) is 0 Å². The van der Waals surface area contributed by atoms with Gasteiger partial charge in [0.05, 0.1) is 13.7 Å². The molecule has 33 heavy (non-hydrogen) atoms. The molecule has 0 fully saturated rings. The van der Waals surface area contributed by atoms with Gasteiger partial charge in [0.15, 0.2) is 0 Å². The number of methoxy groups -OCH3 is 1. The van der Waals surface area contributed by atoms with E-state index in [0.29, 0.717) is 17.9 Å². The van der Waals surface area contributed by atoms with E-state index in [4.69, 9.17) is 9.47 Å². The maximum Gasteiger partial charge on any atom is 0.328 e. The van der Waals surface area contributed by atoms with Crippen LogP contribution in [0.15, 0.2) is 24.3 Å². The van der Waals surface area contributed by atoms with Gasteiger partial charge in [-0.25, -0.2) is 4.79 Å². The van der Waals surface area contributed by atoms with Crippen LogP contribution >= 0.6 is 0 Å². The van der Waals surface area contributed by atoms with Crippen LogP contribution in [0, 0.1) is 0 Å². The van der Waals surface area contributed by atoms with E-state index >= 15 is 0 Å². The Morgan fingerprint density at radius 3 is 1.85 bits per heavy atom. The van der Waals surface area contributed by atoms with E-state index in [-0.39, 0.29) is 5.91 Å². The first-order valence-corrected chi connectivity index (χ1v) is 13.2. The number of ether oxygens (including phenoxy) is 2. The highest BCUT2D eigenvalue weighted by molar-refractivity contribution is 5.97. The Labute approximate surface area is 202 Å². The number of hydrogen-bond donors (Lipinski definition) is 1. The SMILES string of the molecule is CCCCCCCCCCCCCCCCCOC(=O)[C@H](C)NC(=O)c1cccc(OC)c1. The van der Waals surface area contributed by atoms with E-state index in [9.17, 15) is 9.59 Å². The topological polar surface area (TPSA) is 64.6 Å². The zero-order chi connectivity index (χ0) is 24.2. The molecule has 0 aliphatic carbocycles. The molecule has 1 rings (SSSR count). The van der Waals surface area contributed by atoms with E-state index in [1.165, 1.54) is 83.5 Å². The van der Waals surface area contributed by atoms with Crippen molar-refractivity contribution in [1.82, 2.24) is 5.32 Å². The largest absolute Gasteiger partial charge is 0.497 e. The quantitative estimate of drug-likeness (QED) is 0.164. The van der Waals surface area contributed by atoms with Crippen LogP contribution < -0.4 is 10.1 Å². The molecule has 0 aliphatic rings. The maximum atomic E-state index is 12.3. The average Bonchev–Trinajstić information content (AvgIpc) is 2.83. The van der Waals surface area contributed by atoms with Crippen LogP contribution in [0.5, 0.6) is 5.75 Å². The van der Waals surface area contributed by atoms with E-state index in [0.717, 1.165) is 12.8 Å². The standard InChI is InChI=1S/C28H47NO4/c1-4-5-6-7-8-9-10-11-12-13-14-15-16-17-18-22-33-28(31)24(2)29-27(30)25-20-19-21-26(23-25)32-3/h19-21,23-24H,4-18,22H2,1-3H3,(H,29,30)/t24-/m0/s1. The van der Waals surface area contributed by atoms with Gasteiger partial charge < -0.3 is 14.8 Å². The molecule has 5 nitrogen and oxygen atoms in total. The number of hydrogen-bond acceptors (Lipinski definition) is 4. The van der Waals surface area contributed by atoms with Gasteiger partial charge in [0.1, 0.15) is 11.8 Å². The summed E-state index contributed by atoms with van der Waals surface area (Å²) < 4.78 is 10.4. The molecule has 0 saturated carbocycles. The minimum Gasteiger partial charge on any atom is -0.497 e. The van der Waals surface area contributed by atoms with Crippen molar-refractivity contribution in [1.29, 1.82) is 0 Å². The number of unbranched alkanes of at least 4 members (excludes halogenated alkanes) is 14. The first kappa shape index (κ1) is 29.0. The van der Waals surface area contributed by atoms with Crippen molar-refractivity contribution >= 4 is 11.9 Å². The summed E-state index contributed by atoms with van der Waals surface area (Å²) in [6, 6.07) is 6.16. The first-order chi connectivity index (χ1) is 16.1. The Kier molecular flexibility index (Phi) is 17.1. The summed E-state index contributed by atoms with van der Waals surface area (Å²) in [6.07, 6.45) is 19.6. The fraction of sp³-hybridized carbons (Fsp3) is 0.714. The summed E-state index contributed by atoms with van der Waals surface area (Å²) in [5, 5.41) is 2.68. The van der Waals surface area contributed by atoms with Gasteiger partial charge in [-0.3, -0.25) is 4.79 Å². The summed E-state index contributed by atoms with van der Waals surface area (Å²) in [7, 11) is 1.55.